The molecule has 0 radical (unpaired) electrons. The minimum atomic E-state index is -4.58. The van der Waals surface area contributed by atoms with Crippen LogP contribution in [0.25, 0.3) is 11.1 Å². The van der Waals surface area contributed by atoms with Crippen LogP contribution in [0, 0.1) is 0 Å². The van der Waals surface area contributed by atoms with Crippen LogP contribution >= 0.6 is 11.6 Å². The van der Waals surface area contributed by atoms with Gasteiger partial charge in [0.1, 0.15) is 6.04 Å². The highest BCUT2D eigenvalue weighted by molar-refractivity contribution is 7.89. The highest BCUT2D eigenvalue weighted by atomic mass is 35.5. The van der Waals surface area contributed by atoms with E-state index in [4.69, 9.17) is 11.6 Å². The second-order valence-corrected chi connectivity index (χ2v) is 8.53. The zero-order valence-corrected chi connectivity index (χ0v) is 15.3. The van der Waals surface area contributed by atoms with Gasteiger partial charge in [0, 0.05) is 11.6 Å². The summed E-state index contributed by atoms with van der Waals surface area (Å²) in [7, 11) is -4.25. The minimum Gasteiger partial charge on any atom is -0.207 e. The Balaban J connectivity index is 1.99. The SMILES string of the molecule is O=S(=O)(c1cccc(-c2ccc(Cl)cc2)c1)N1CCCCC1C(F)(F)F. The Morgan fingerprint density at radius 1 is 1.00 bits per heavy atom. The van der Waals surface area contributed by atoms with Gasteiger partial charge in [0.05, 0.1) is 4.90 Å². The topological polar surface area (TPSA) is 37.4 Å². The molecule has 0 amide bonds. The van der Waals surface area contributed by atoms with Gasteiger partial charge in [0.2, 0.25) is 10.0 Å². The van der Waals surface area contributed by atoms with Crippen molar-refractivity contribution in [3.05, 3.63) is 53.6 Å². The number of alkyl halides is 3. The first-order valence-corrected chi connectivity index (χ1v) is 9.96. The van der Waals surface area contributed by atoms with Crippen molar-refractivity contribution in [1.82, 2.24) is 4.31 Å². The van der Waals surface area contributed by atoms with Crippen molar-refractivity contribution in [2.24, 2.45) is 0 Å². The molecule has 3 nitrogen and oxygen atoms in total. The van der Waals surface area contributed by atoms with E-state index >= 15 is 0 Å². The maximum Gasteiger partial charge on any atom is 0.405 e. The second-order valence-electron chi connectivity index (χ2n) is 6.20. The minimum absolute atomic E-state index is 0.127. The quantitative estimate of drug-likeness (QED) is 0.714. The van der Waals surface area contributed by atoms with Crippen LogP contribution in [0.4, 0.5) is 13.2 Å². The molecule has 0 N–H and O–H groups in total. The average molecular weight is 404 g/mol. The van der Waals surface area contributed by atoms with Gasteiger partial charge in [-0.15, -0.1) is 0 Å². The van der Waals surface area contributed by atoms with Crippen LogP contribution in [0.3, 0.4) is 0 Å². The predicted molar refractivity (Wildman–Crippen MR) is 94.5 cm³/mol. The summed E-state index contributed by atoms with van der Waals surface area (Å²) in [6, 6.07) is 10.8. The second kappa shape index (κ2) is 7.21. The predicted octanol–water partition coefficient (Wildman–Crippen LogP) is 5.11. The van der Waals surface area contributed by atoms with E-state index in [2.05, 4.69) is 0 Å². The van der Waals surface area contributed by atoms with E-state index in [1.165, 1.54) is 18.2 Å². The van der Waals surface area contributed by atoms with Crippen LogP contribution in [0.1, 0.15) is 19.3 Å². The maximum atomic E-state index is 13.3. The standard InChI is InChI=1S/C18H17ClF3NO2S/c19-15-9-7-13(8-10-15)14-4-3-5-16(12-14)26(24,25)23-11-2-1-6-17(23)18(20,21)22/h3-5,7-10,12,17H,1-2,6,11H2. The van der Waals surface area contributed by atoms with Gasteiger partial charge < -0.3 is 0 Å². The van der Waals surface area contributed by atoms with Crippen molar-refractivity contribution in [3.63, 3.8) is 0 Å². The molecule has 1 unspecified atom stereocenters. The van der Waals surface area contributed by atoms with Crippen LogP contribution in [-0.4, -0.2) is 31.5 Å². The fourth-order valence-electron chi connectivity index (χ4n) is 3.13. The van der Waals surface area contributed by atoms with E-state index in [1.807, 2.05) is 0 Å². The van der Waals surface area contributed by atoms with Crippen LogP contribution in [0.5, 0.6) is 0 Å². The van der Waals surface area contributed by atoms with Crippen LogP contribution in [0.2, 0.25) is 5.02 Å². The Morgan fingerprint density at radius 3 is 2.35 bits per heavy atom. The molecule has 2 aromatic rings. The molecule has 1 atom stereocenters. The van der Waals surface area contributed by atoms with Gasteiger partial charge in [-0.2, -0.15) is 17.5 Å². The summed E-state index contributed by atoms with van der Waals surface area (Å²) in [5.41, 5.74) is 1.33. The first-order valence-electron chi connectivity index (χ1n) is 8.14. The molecule has 0 aromatic heterocycles. The number of hydrogen-bond donors (Lipinski definition) is 0. The number of halogens is 4. The van der Waals surface area contributed by atoms with Crippen molar-refractivity contribution in [1.29, 1.82) is 0 Å². The van der Waals surface area contributed by atoms with Crippen LogP contribution in [0.15, 0.2) is 53.4 Å². The maximum absolute atomic E-state index is 13.3. The molecule has 1 heterocycles. The number of hydrogen-bond acceptors (Lipinski definition) is 2. The number of nitrogens with zero attached hydrogens (tertiary/aromatic N) is 1. The number of piperidine rings is 1. The largest absolute Gasteiger partial charge is 0.405 e. The Bertz CT molecular complexity index is 882. The third-order valence-corrected chi connectivity index (χ3v) is 6.61. The highest BCUT2D eigenvalue weighted by Crippen LogP contribution is 2.36. The molecule has 8 heteroatoms. The average Bonchev–Trinajstić information content (AvgIpc) is 2.62. The molecule has 0 aliphatic carbocycles. The van der Waals surface area contributed by atoms with E-state index < -0.39 is 22.2 Å². The van der Waals surface area contributed by atoms with Gasteiger partial charge in [-0.1, -0.05) is 42.3 Å². The first kappa shape index (κ1) is 19.2. The van der Waals surface area contributed by atoms with E-state index in [0.717, 1.165) is 5.56 Å². The molecule has 1 fully saturated rings. The lowest BCUT2D eigenvalue weighted by molar-refractivity contribution is -0.177. The molecular weight excluding hydrogens is 387 g/mol. The van der Waals surface area contributed by atoms with Gasteiger partial charge in [0.25, 0.3) is 0 Å². The molecule has 0 saturated carbocycles. The van der Waals surface area contributed by atoms with Crippen LogP contribution in [-0.2, 0) is 10.0 Å². The Labute approximate surface area is 155 Å². The molecule has 1 aliphatic heterocycles. The molecule has 26 heavy (non-hydrogen) atoms. The molecule has 1 aliphatic rings. The number of sulfonamides is 1. The Hall–Kier alpha value is -1.57. The van der Waals surface area contributed by atoms with Crippen molar-refractivity contribution < 1.29 is 21.6 Å². The summed E-state index contributed by atoms with van der Waals surface area (Å²) in [5.74, 6) is 0. The zero-order valence-electron chi connectivity index (χ0n) is 13.7. The third-order valence-electron chi connectivity index (χ3n) is 4.45. The lowest BCUT2D eigenvalue weighted by Gasteiger charge is -2.35. The molecule has 0 bridgehead atoms. The summed E-state index contributed by atoms with van der Waals surface area (Å²) in [4.78, 5) is -0.138. The van der Waals surface area contributed by atoms with Crippen molar-refractivity contribution >= 4 is 21.6 Å². The van der Waals surface area contributed by atoms with Gasteiger partial charge in [-0.25, -0.2) is 8.42 Å². The normalized spacial score (nSPS) is 19.5. The summed E-state index contributed by atoms with van der Waals surface area (Å²) in [6.07, 6.45) is -4.01. The van der Waals surface area contributed by atoms with Gasteiger partial charge in [-0.05, 0) is 48.2 Å². The lowest BCUT2D eigenvalue weighted by atomic mass is 10.0. The van der Waals surface area contributed by atoms with E-state index in [-0.39, 0.29) is 17.9 Å². The monoisotopic (exact) mass is 403 g/mol. The molecule has 1 saturated heterocycles. The number of benzene rings is 2. The summed E-state index contributed by atoms with van der Waals surface area (Å²) in [6.45, 7) is -0.127. The first-order chi connectivity index (χ1) is 12.2. The fourth-order valence-corrected chi connectivity index (χ4v) is 4.99. The van der Waals surface area contributed by atoms with Crippen molar-refractivity contribution in [2.45, 2.75) is 36.4 Å². The van der Waals surface area contributed by atoms with Gasteiger partial charge in [-0.3, -0.25) is 0 Å². The molecule has 3 rings (SSSR count). The Morgan fingerprint density at radius 2 is 1.69 bits per heavy atom. The Kier molecular flexibility index (Phi) is 5.33. The van der Waals surface area contributed by atoms with Gasteiger partial charge in [0.15, 0.2) is 0 Å². The highest BCUT2D eigenvalue weighted by Gasteiger charge is 2.49. The fraction of sp³-hybridized carbons (Fsp3) is 0.333. The summed E-state index contributed by atoms with van der Waals surface area (Å²) < 4.78 is 66.3. The van der Waals surface area contributed by atoms with Gasteiger partial charge >= 0.3 is 6.18 Å². The molecule has 0 spiro atoms. The lowest BCUT2D eigenvalue weighted by Crippen LogP contribution is -2.51. The summed E-state index contributed by atoms with van der Waals surface area (Å²) in [5, 5.41) is 0.541. The van der Waals surface area contributed by atoms with E-state index in [9.17, 15) is 21.6 Å². The molecular formula is C18H17ClF3NO2S. The molecule has 2 aromatic carbocycles. The summed E-state index contributed by atoms with van der Waals surface area (Å²) >= 11 is 5.85. The van der Waals surface area contributed by atoms with E-state index in [1.54, 1.807) is 30.3 Å². The van der Waals surface area contributed by atoms with Crippen LogP contribution < -0.4 is 0 Å². The zero-order chi connectivity index (χ0) is 18.9. The third kappa shape index (κ3) is 3.89. The van der Waals surface area contributed by atoms with Crippen molar-refractivity contribution in [2.75, 3.05) is 6.54 Å². The smallest absolute Gasteiger partial charge is 0.207 e. The molecule has 140 valence electrons. The van der Waals surface area contributed by atoms with E-state index in [0.29, 0.717) is 27.7 Å². The van der Waals surface area contributed by atoms with Crippen molar-refractivity contribution in [3.8, 4) is 11.1 Å². The number of rotatable bonds is 3.